The highest BCUT2D eigenvalue weighted by Gasteiger charge is 2.07. The van der Waals surface area contributed by atoms with E-state index in [0.29, 0.717) is 5.92 Å². The molecule has 0 aliphatic rings. The van der Waals surface area contributed by atoms with Gasteiger partial charge in [-0.1, -0.05) is 30.6 Å². The lowest BCUT2D eigenvalue weighted by molar-refractivity contribution is 0.458. The second kappa shape index (κ2) is 3.93. The molecule has 2 rings (SSSR count). The van der Waals surface area contributed by atoms with Crippen molar-refractivity contribution in [2.24, 2.45) is 5.92 Å². The van der Waals surface area contributed by atoms with Crippen LogP contribution in [0.3, 0.4) is 0 Å². The van der Waals surface area contributed by atoms with Gasteiger partial charge in [0.15, 0.2) is 11.4 Å². The summed E-state index contributed by atoms with van der Waals surface area (Å²) in [6, 6.07) is 6.08. The lowest BCUT2D eigenvalue weighted by Gasteiger charge is -2.05. The smallest absolute Gasteiger partial charge is 0.177 e. The van der Waals surface area contributed by atoms with Gasteiger partial charge in [0, 0.05) is 6.54 Å². The van der Waals surface area contributed by atoms with Gasteiger partial charge in [-0.3, -0.25) is 0 Å². The van der Waals surface area contributed by atoms with E-state index >= 15 is 0 Å². The Balaban J connectivity index is 2.31. The van der Waals surface area contributed by atoms with Crippen LogP contribution in [0.2, 0.25) is 0 Å². The molecule has 0 unspecified atom stereocenters. The molecule has 3 nitrogen and oxygen atoms in total. The van der Waals surface area contributed by atoms with Crippen LogP contribution in [0, 0.1) is 12.8 Å². The highest BCUT2D eigenvalue weighted by atomic mass is 16.5. The van der Waals surface area contributed by atoms with Crippen LogP contribution in [-0.2, 0) is 0 Å². The SMILES string of the molecule is Cc1ccc2onc(NCC(C)C)c2c1. The number of benzene rings is 1. The van der Waals surface area contributed by atoms with Crippen LogP contribution >= 0.6 is 0 Å². The number of aryl methyl sites for hydroxylation is 1. The fraction of sp³-hybridized carbons (Fsp3) is 0.417. The number of nitrogens with zero attached hydrogens (tertiary/aromatic N) is 1. The van der Waals surface area contributed by atoms with Crippen LogP contribution in [-0.4, -0.2) is 11.7 Å². The van der Waals surface area contributed by atoms with Crippen molar-refractivity contribution in [1.29, 1.82) is 0 Å². The normalized spacial score (nSPS) is 11.2. The third kappa shape index (κ3) is 2.12. The second-order valence-corrected chi connectivity index (χ2v) is 4.31. The van der Waals surface area contributed by atoms with Gasteiger partial charge in [0.1, 0.15) is 0 Å². The van der Waals surface area contributed by atoms with Crippen molar-refractivity contribution in [3.05, 3.63) is 23.8 Å². The molecule has 0 saturated heterocycles. The molecule has 1 aromatic heterocycles. The first-order valence-electron chi connectivity index (χ1n) is 5.26. The number of anilines is 1. The van der Waals surface area contributed by atoms with Crippen molar-refractivity contribution in [1.82, 2.24) is 5.16 Å². The number of nitrogens with one attached hydrogen (secondary N) is 1. The molecular weight excluding hydrogens is 188 g/mol. The first-order chi connectivity index (χ1) is 7.16. The Bertz CT molecular complexity index is 460. The molecule has 1 heterocycles. The highest BCUT2D eigenvalue weighted by Crippen LogP contribution is 2.23. The third-order valence-electron chi connectivity index (χ3n) is 2.30. The van der Waals surface area contributed by atoms with Crippen molar-refractivity contribution in [3.8, 4) is 0 Å². The van der Waals surface area contributed by atoms with E-state index in [9.17, 15) is 0 Å². The van der Waals surface area contributed by atoms with Crippen LogP contribution in [0.5, 0.6) is 0 Å². The monoisotopic (exact) mass is 204 g/mol. The van der Waals surface area contributed by atoms with Crippen molar-refractivity contribution in [3.63, 3.8) is 0 Å². The molecule has 0 fully saturated rings. The summed E-state index contributed by atoms with van der Waals surface area (Å²) in [7, 11) is 0. The van der Waals surface area contributed by atoms with Gasteiger partial charge in [-0.25, -0.2) is 0 Å². The molecule has 0 atom stereocenters. The Kier molecular flexibility index (Phi) is 2.62. The van der Waals surface area contributed by atoms with E-state index in [-0.39, 0.29) is 0 Å². The van der Waals surface area contributed by atoms with E-state index in [1.165, 1.54) is 5.56 Å². The largest absolute Gasteiger partial charge is 0.366 e. The maximum atomic E-state index is 5.22. The van der Waals surface area contributed by atoms with E-state index in [4.69, 9.17) is 4.52 Å². The van der Waals surface area contributed by atoms with Gasteiger partial charge in [-0.05, 0) is 25.0 Å². The van der Waals surface area contributed by atoms with Crippen LogP contribution in [0.1, 0.15) is 19.4 Å². The third-order valence-corrected chi connectivity index (χ3v) is 2.30. The summed E-state index contributed by atoms with van der Waals surface area (Å²) in [5.74, 6) is 1.45. The summed E-state index contributed by atoms with van der Waals surface area (Å²) in [6.45, 7) is 7.31. The molecule has 1 N–H and O–H groups in total. The van der Waals surface area contributed by atoms with Crippen LogP contribution in [0.25, 0.3) is 11.0 Å². The summed E-state index contributed by atoms with van der Waals surface area (Å²) >= 11 is 0. The summed E-state index contributed by atoms with van der Waals surface area (Å²) < 4.78 is 5.22. The number of aromatic nitrogens is 1. The lowest BCUT2D eigenvalue weighted by atomic mass is 10.2. The lowest BCUT2D eigenvalue weighted by Crippen LogP contribution is -2.08. The topological polar surface area (TPSA) is 38.1 Å². The summed E-state index contributed by atoms with van der Waals surface area (Å²) in [5, 5.41) is 8.38. The zero-order valence-electron chi connectivity index (χ0n) is 9.37. The fourth-order valence-electron chi connectivity index (χ4n) is 1.48. The molecule has 0 spiro atoms. The molecule has 3 heteroatoms. The Hall–Kier alpha value is -1.51. The van der Waals surface area contributed by atoms with E-state index in [0.717, 1.165) is 23.3 Å². The molecule has 0 bridgehead atoms. The van der Waals surface area contributed by atoms with Gasteiger partial charge >= 0.3 is 0 Å². The Morgan fingerprint density at radius 2 is 2.20 bits per heavy atom. The highest BCUT2D eigenvalue weighted by molar-refractivity contribution is 5.88. The predicted octanol–water partition coefficient (Wildman–Crippen LogP) is 3.20. The minimum absolute atomic E-state index is 0.599. The summed E-state index contributed by atoms with van der Waals surface area (Å²) in [5.41, 5.74) is 2.06. The molecule has 15 heavy (non-hydrogen) atoms. The number of fused-ring (bicyclic) bond motifs is 1. The second-order valence-electron chi connectivity index (χ2n) is 4.31. The van der Waals surface area contributed by atoms with E-state index in [2.05, 4.69) is 37.3 Å². The first kappa shape index (κ1) is 10.0. The van der Waals surface area contributed by atoms with Crippen molar-refractivity contribution < 1.29 is 4.52 Å². The Morgan fingerprint density at radius 1 is 1.40 bits per heavy atom. The quantitative estimate of drug-likeness (QED) is 0.834. The molecule has 1 aromatic carbocycles. The van der Waals surface area contributed by atoms with Crippen LogP contribution in [0.4, 0.5) is 5.82 Å². The number of hydrogen-bond acceptors (Lipinski definition) is 3. The minimum atomic E-state index is 0.599. The predicted molar refractivity (Wildman–Crippen MR) is 62.1 cm³/mol. The van der Waals surface area contributed by atoms with Gasteiger partial charge in [0.2, 0.25) is 0 Å². The van der Waals surface area contributed by atoms with Gasteiger partial charge < -0.3 is 9.84 Å². The van der Waals surface area contributed by atoms with Gasteiger partial charge in [0.05, 0.1) is 5.39 Å². The van der Waals surface area contributed by atoms with E-state index < -0.39 is 0 Å². The molecule has 0 radical (unpaired) electrons. The van der Waals surface area contributed by atoms with Crippen molar-refractivity contribution >= 4 is 16.8 Å². The maximum absolute atomic E-state index is 5.22. The molecule has 0 amide bonds. The van der Waals surface area contributed by atoms with E-state index in [1.807, 2.05) is 12.1 Å². The van der Waals surface area contributed by atoms with Crippen LogP contribution < -0.4 is 5.32 Å². The molecule has 80 valence electrons. The van der Waals surface area contributed by atoms with Gasteiger partial charge in [0.25, 0.3) is 0 Å². The number of rotatable bonds is 3. The summed E-state index contributed by atoms with van der Waals surface area (Å²) in [4.78, 5) is 0. The molecule has 0 aliphatic carbocycles. The van der Waals surface area contributed by atoms with Gasteiger partial charge in [-0.15, -0.1) is 0 Å². The molecule has 0 aliphatic heterocycles. The molecule has 2 aromatic rings. The zero-order chi connectivity index (χ0) is 10.8. The average Bonchev–Trinajstić information content (AvgIpc) is 2.57. The van der Waals surface area contributed by atoms with E-state index in [1.54, 1.807) is 0 Å². The van der Waals surface area contributed by atoms with Crippen LogP contribution in [0.15, 0.2) is 22.7 Å². The average molecular weight is 204 g/mol. The summed E-state index contributed by atoms with van der Waals surface area (Å²) in [6.07, 6.45) is 0. The van der Waals surface area contributed by atoms with Crippen molar-refractivity contribution in [2.75, 3.05) is 11.9 Å². The van der Waals surface area contributed by atoms with Crippen molar-refractivity contribution in [2.45, 2.75) is 20.8 Å². The first-order valence-corrected chi connectivity index (χ1v) is 5.26. The Labute approximate surface area is 89.5 Å². The molecule has 0 saturated carbocycles. The zero-order valence-corrected chi connectivity index (χ0v) is 9.37. The minimum Gasteiger partial charge on any atom is -0.366 e. The standard InChI is InChI=1S/C12H16N2O/c1-8(2)7-13-12-10-6-9(3)4-5-11(10)15-14-12/h4-6,8H,7H2,1-3H3,(H,13,14). The molecular formula is C12H16N2O. The van der Waals surface area contributed by atoms with Gasteiger partial charge in [-0.2, -0.15) is 0 Å². The fourth-order valence-corrected chi connectivity index (χ4v) is 1.48. The number of hydrogen-bond donors (Lipinski definition) is 1. The maximum Gasteiger partial charge on any atom is 0.177 e. The Morgan fingerprint density at radius 3 is 2.93 bits per heavy atom.